The number of nitrogen functional groups attached to an aromatic ring is 1. The molecule has 0 heterocycles. The van der Waals surface area contributed by atoms with Gasteiger partial charge in [-0.3, -0.25) is 0 Å². The van der Waals surface area contributed by atoms with Crippen molar-refractivity contribution in [3.63, 3.8) is 0 Å². The van der Waals surface area contributed by atoms with Crippen LogP contribution < -0.4 is 5.73 Å². The van der Waals surface area contributed by atoms with Crippen LogP contribution in [0.2, 0.25) is 0 Å². The Morgan fingerprint density at radius 1 is 1.25 bits per heavy atom. The van der Waals surface area contributed by atoms with E-state index in [2.05, 4.69) is 0 Å². The van der Waals surface area contributed by atoms with Crippen molar-refractivity contribution in [2.24, 2.45) is 0 Å². The number of hydrogen-bond acceptors (Lipinski definition) is 4. The Morgan fingerprint density at radius 2 is 1.95 bits per heavy atom. The van der Waals surface area contributed by atoms with Crippen molar-refractivity contribution in [3.8, 4) is 0 Å². The minimum atomic E-state index is -0.359. The van der Waals surface area contributed by atoms with Crippen LogP contribution in [0.25, 0.3) is 0 Å². The highest BCUT2D eigenvalue weighted by Gasteiger charge is 2.08. The Kier molecular flexibility index (Phi) is 4.63. The van der Waals surface area contributed by atoms with E-state index in [-0.39, 0.29) is 11.8 Å². The fourth-order valence-electron chi connectivity index (χ4n) is 1.60. The van der Waals surface area contributed by atoms with Crippen LogP contribution in [0.5, 0.6) is 0 Å². The van der Waals surface area contributed by atoms with E-state index in [1.165, 1.54) is 17.8 Å². The number of benzene rings is 2. The molecular formula is C15H14FNO2S. The average molecular weight is 291 g/mol. The predicted molar refractivity (Wildman–Crippen MR) is 77.3 cm³/mol. The lowest BCUT2D eigenvalue weighted by molar-refractivity contribution is 0.0526. The Labute approximate surface area is 120 Å². The molecule has 0 aromatic heterocycles. The largest absolute Gasteiger partial charge is 0.462 e. The Morgan fingerprint density at radius 3 is 2.55 bits per heavy atom. The van der Waals surface area contributed by atoms with Gasteiger partial charge in [0.25, 0.3) is 0 Å². The Bertz CT molecular complexity index is 614. The highest BCUT2D eigenvalue weighted by Crippen LogP contribution is 2.30. The zero-order chi connectivity index (χ0) is 14.5. The van der Waals surface area contributed by atoms with Gasteiger partial charge in [-0.1, -0.05) is 11.8 Å². The molecule has 0 aliphatic carbocycles. The maximum absolute atomic E-state index is 13.7. The van der Waals surface area contributed by atoms with Crippen molar-refractivity contribution >= 4 is 23.4 Å². The van der Waals surface area contributed by atoms with E-state index in [0.29, 0.717) is 22.8 Å². The SMILES string of the molecule is CCOC(=O)c1ccc(Sc2ccc(N)cc2F)cc1. The second-order valence-corrected chi connectivity index (χ2v) is 5.15. The topological polar surface area (TPSA) is 52.3 Å². The fourth-order valence-corrected chi connectivity index (χ4v) is 2.42. The molecule has 104 valence electrons. The molecule has 0 unspecified atom stereocenters. The monoisotopic (exact) mass is 291 g/mol. The van der Waals surface area contributed by atoms with Gasteiger partial charge in [0.15, 0.2) is 0 Å². The van der Waals surface area contributed by atoms with Gasteiger partial charge in [0.1, 0.15) is 5.82 Å². The second kappa shape index (κ2) is 6.43. The molecule has 0 aliphatic rings. The Balaban J connectivity index is 2.12. The number of rotatable bonds is 4. The van der Waals surface area contributed by atoms with E-state index < -0.39 is 0 Å². The van der Waals surface area contributed by atoms with Gasteiger partial charge in [-0.15, -0.1) is 0 Å². The van der Waals surface area contributed by atoms with Crippen LogP contribution in [0.1, 0.15) is 17.3 Å². The molecule has 20 heavy (non-hydrogen) atoms. The summed E-state index contributed by atoms with van der Waals surface area (Å²) in [5.74, 6) is -0.716. The normalized spacial score (nSPS) is 10.3. The van der Waals surface area contributed by atoms with Crippen LogP contribution in [0.4, 0.5) is 10.1 Å². The van der Waals surface area contributed by atoms with Crippen LogP contribution in [0.15, 0.2) is 52.3 Å². The first-order chi connectivity index (χ1) is 9.60. The van der Waals surface area contributed by atoms with Gasteiger partial charge >= 0.3 is 5.97 Å². The van der Waals surface area contributed by atoms with Crippen molar-refractivity contribution in [3.05, 3.63) is 53.8 Å². The number of nitrogens with two attached hydrogens (primary N) is 1. The first-order valence-electron chi connectivity index (χ1n) is 6.10. The molecule has 0 radical (unpaired) electrons. The van der Waals surface area contributed by atoms with E-state index >= 15 is 0 Å². The lowest BCUT2D eigenvalue weighted by Crippen LogP contribution is -2.03. The van der Waals surface area contributed by atoms with Crippen molar-refractivity contribution < 1.29 is 13.9 Å². The van der Waals surface area contributed by atoms with Crippen molar-refractivity contribution in [1.82, 2.24) is 0 Å². The lowest BCUT2D eigenvalue weighted by Gasteiger charge is -2.05. The molecular weight excluding hydrogens is 277 g/mol. The highest BCUT2D eigenvalue weighted by atomic mass is 32.2. The molecule has 2 rings (SSSR count). The first-order valence-corrected chi connectivity index (χ1v) is 6.92. The van der Waals surface area contributed by atoms with E-state index in [0.717, 1.165) is 4.90 Å². The summed E-state index contributed by atoms with van der Waals surface area (Å²) in [7, 11) is 0. The molecule has 0 fully saturated rings. The number of carbonyl (C=O) groups is 1. The molecule has 2 aromatic carbocycles. The summed E-state index contributed by atoms with van der Waals surface area (Å²) in [4.78, 5) is 12.8. The first kappa shape index (κ1) is 14.4. The second-order valence-electron chi connectivity index (χ2n) is 4.04. The number of esters is 1. The number of ether oxygens (including phenoxy) is 1. The summed E-state index contributed by atoms with van der Waals surface area (Å²) in [6, 6.07) is 11.4. The smallest absolute Gasteiger partial charge is 0.338 e. The van der Waals surface area contributed by atoms with Crippen LogP contribution in [0.3, 0.4) is 0 Å². The quantitative estimate of drug-likeness (QED) is 0.688. The third-order valence-electron chi connectivity index (χ3n) is 2.55. The van der Waals surface area contributed by atoms with Gasteiger partial charge in [0.05, 0.1) is 12.2 Å². The molecule has 0 saturated carbocycles. The van der Waals surface area contributed by atoms with Gasteiger partial charge in [-0.25, -0.2) is 9.18 Å². The third-order valence-corrected chi connectivity index (χ3v) is 3.61. The van der Waals surface area contributed by atoms with E-state index in [1.54, 1.807) is 43.3 Å². The van der Waals surface area contributed by atoms with Gasteiger partial charge in [0, 0.05) is 15.5 Å². The van der Waals surface area contributed by atoms with Crippen LogP contribution in [0, 0.1) is 5.82 Å². The molecule has 3 nitrogen and oxygen atoms in total. The van der Waals surface area contributed by atoms with Crippen LogP contribution in [-0.2, 0) is 4.74 Å². The molecule has 0 atom stereocenters. The van der Waals surface area contributed by atoms with Crippen LogP contribution >= 0.6 is 11.8 Å². The summed E-state index contributed by atoms with van der Waals surface area (Å²) >= 11 is 1.27. The fraction of sp³-hybridized carbons (Fsp3) is 0.133. The van der Waals surface area contributed by atoms with E-state index in [1.807, 2.05) is 0 Å². The molecule has 5 heteroatoms. The standard InChI is InChI=1S/C15H14FNO2S/c1-2-19-15(18)10-3-6-12(7-4-10)20-14-8-5-11(17)9-13(14)16/h3-9H,2,17H2,1H3. The summed E-state index contributed by atoms with van der Waals surface area (Å²) in [5, 5.41) is 0. The third kappa shape index (κ3) is 3.51. The number of anilines is 1. The van der Waals surface area contributed by atoms with Crippen molar-refractivity contribution in [2.75, 3.05) is 12.3 Å². The molecule has 0 bridgehead atoms. The Hall–Kier alpha value is -2.01. The molecule has 0 saturated heterocycles. The van der Waals surface area contributed by atoms with Crippen LogP contribution in [-0.4, -0.2) is 12.6 Å². The zero-order valence-electron chi connectivity index (χ0n) is 10.9. The summed E-state index contributed by atoms with van der Waals surface area (Å²) < 4.78 is 18.6. The number of halogens is 1. The molecule has 0 spiro atoms. The number of hydrogen-bond donors (Lipinski definition) is 1. The van der Waals surface area contributed by atoms with Crippen molar-refractivity contribution in [1.29, 1.82) is 0 Å². The van der Waals surface area contributed by atoms with Gasteiger partial charge < -0.3 is 10.5 Å². The van der Waals surface area contributed by atoms with Gasteiger partial charge in [0.2, 0.25) is 0 Å². The van der Waals surface area contributed by atoms with E-state index in [9.17, 15) is 9.18 Å². The highest BCUT2D eigenvalue weighted by molar-refractivity contribution is 7.99. The summed E-state index contributed by atoms with van der Waals surface area (Å²) in [6.45, 7) is 2.10. The minimum absolute atomic E-state index is 0.339. The average Bonchev–Trinajstić information content (AvgIpc) is 2.43. The van der Waals surface area contributed by atoms with Gasteiger partial charge in [-0.2, -0.15) is 0 Å². The maximum atomic E-state index is 13.7. The molecule has 0 amide bonds. The summed E-state index contributed by atoms with van der Waals surface area (Å²) in [5.41, 5.74) is 6.38. The maximum Gasteiger partial charge on any atom is 0.338 e. The summed E-state index contributed by atoms with van der Waals surface area (Å²) in [6.07, 6.45) is 0. The van der Waals surface area contributed by atoms with Gasteiger partial charge in [-0.05, 0) is 49.4 Å². The minimum Gasteiger partial charge on any atom is -0.462 e. The van der Waals surface area contributed by atoms with E-state index in [4.69, 9.17) is 10.5 Å². The van der Waals surface area contributed by atoms with Crippen molar-refractivity contribution in [2.45, 2.75) is 16.7 Å². The molecule has 2 N–H and O–H groups in total. The predicted octanol–water partition coefficient (Wildman–Crippen LogP) is 3.74. The number of carbonyl (C=O) groups excluding carboxylic acids is 1. The zero-order valence-corrected chi connectivity index (χ0v) is 11.7. The lowest BCUT2D eigenvalue weighted by atomic mass is 10.2. The molecule has 2 aromatic rings. The molecule has 0 aliphatic heterocycles.